The highest BCUT2D eigenvalue weighted by molar-refractivity contribution is 5.25. The molecule has 1 aromatic rings. The molecule has 2 heterocycles. The van der Waals surface area contributed by atoms with Gasteiger partial charge in [-0.15, -0.1) is 0 Å². The van der Waals surface area contributed by atoms with Crippen LogP contribution >= 0.6 is 0 Å². The lowest BCUT2D eigenvalue weighted by Crippen LogP contribution is -2.52. The number of hydrogen-bond donors (Lipinski definition) is 1. The van der Waals surface area contributed by atoms with Crippen LogP contribution in [0.2, 0.25) is 0 Å². The van der Waals surface area contributed by atoms with E-state index in [2.05, 4.69) is 9.98 Å². The van der Waals surface area contributed by atoms with Gasteiger partial charge in [0.05, 0.1) is 21.8 Å². The quantitative estimate of drug-likeness (QED) is 0.784. The minimum Gasteiger partial charge on any atom is -0.286 e. The zero-order valence-corrected chi connectivity index (χ0v) is 12.6. The van der Waals surface area contributed by atoms with Gasteiger partial charge in [-0.25, -0.2) is 23.8 Å². The summed E-state index contributed by atoms with van der Waals surface area (Å²) in [5.74, 6) is -2.31. The average molecular weight is 309 g/mol. The summed E-state index contributed by atoms with van der Waals surface area (Å²) in [5, 5.41) is 24.5. The largest absolute Gasteiger partial charge is 0.286 e. The zero-order valence-electron chi connectivity index (χ0n) is 12.6. The molecule has 0 amide bonds. The van der Waals surface area contributed by atoms with Gasteiger partial charge in [0.25, 0.3) is 0 Å². The Morgan fingerprint density at radius 3 is 1.82 bits per heavy atom. The third-order valence-electron chi connectivity index (χ3n) is 4.60. The van der Waals surface area contributed by atoms with Gasteiger partial charge < -0.3 is 0 Å². The fourth-order valence-electron chi connectivity index (χ4n) is 2.37. The highest BCUT2D eigenvalue weighted by Crippen LogP contribution is 2.44. The van der Waals surface area contributed by atoms with E-state index in [-0.39, 0.29) is 22.4 Å². The number of halogens is 2. The van der Waals surface area contributed by atoms with Gasteiger partial charge in [0.2, 0.25) is 5.82 Å². The van der Waals surface area contributed by atoms with Crippen molar-refractivity contribution in [2.45, 2.75) is 38.8 Å². The van der Waals surface area contributed by atoms with E-state index < -0.39 is 22.7 Å². The molecular formula is C14H15F2N4O2. The maximum Gasteiger partial charge on any atom is 0.202 e. The lowest BCUT2D eigenvalue weighted by Gasteiger charge is -2.36. The molecule has 117 valence electrons. The first-order valence-corrected chi connectivity index (χ1v) is 6.70. The topological polar surface area (TPSA) is 71.3 Å². The van der Waals surface area contributed by atoms with Gasteiger partial charge in [0, 0.05) is 12.1 Å². The van der Waals surface area contributed by atoms with E-state index in [0.717, 1.165) is 17.2 Å². The van der Waals surface area contributed by atoms with Gasteiger partial charge in [-0.05, 0) is 27.7 Å². The molecule has 2 aliphatic heterocycles. The maximum absolute atomic E-state index is 13.3. The third kappa shape index (κ3) is 1.71. The number of hydrogen-bond acceptors (Lipinski definition) is 5. The molecule has 3 rings (SSSR count). The Kier molecular flexibility index (Phi) is 2.86. The molecule has 0 saturated carbocycles. The molecular weight excluding hydrogens is 294 g/mol. The predicted octanol–water partition coefficient (Wildman–Crippen LogP) is 1.25. The van der Waals surface area contributed by atoms with Crippen LogP contribution in [0.3, 0.4) is 0 Å². The second kappa shape index (κ2) is 4.23. The Balaban J connectivity index is 2.23. The van der Waals surface area contributed by atoms with E-state index >= 15 is 0 Å². The van der Waals surface area contributed by atoms with Crippen molar-refractivity contribution in [3.63, 3.8) is 0 Å². The van der Waals surface area contributed by atoms with Crippen LogP contribution in [0.15, 0.2) is 33.8 Å². The minimum absolute atomic E-state index is 0.0730. The van der Waals surface area contributed by atoms with E-state index in [4.69, 9.17) is 0 Å². The smallest absolute Gasteiger partial charge is 0.202 e. The zero-order chi connectivity index (χ0) is 16.4. The highest BCUT2D eigenvalue weighted by Gasteiger charge is 2.57. The summed E-state index contributed by atoms with van der Waals surface area (Å²) >= 11 is 0. The molecule has 1 radical (unpaired) electrons. The number of fused-ring (bicyclic) bond motifs is 1. The van der Waals surface area contributed by atoms with Crippen LogP contribution in [-0.4, -0.2) is 26.4 Å². The monoisotopic (exact) mass is 309 g/mol. The van der Waals surface area contributed by atoms with E-state index in [1.165, 1.54) is 0 Å². The number of nitrogens with zero attached hydrogens (tertiary/aromatic N) is 4. The standard InChI is InChI=1S/C14H15F2N4O2/c1-13(2)14(3,4)20(22)12(19(13)21)11-17-9-5-7(15)8(16)6-10(9)18-11/h5-6,21H,1-4H3. The molecule has 0 aromatic heterocycles. The molecule has 2 aliphatic rings. The van der Waals surface area contributed by atoms with Gasteiger partial charge in [-0.2, -0.15) is 5.06 Å². The SMILES string of the molecule is CC1(C)N([O])C(=C2N=c3cc(F)c(F)cc3=N2)N(O)C1(C)C. The number of rotatable bonds is 0. The molecule has 0 bridgehead atoms. The van der Waals surface area contributed by atoms with Gasteiger partial charge in [0.15, 0.2) is 17.5 Å². The highest BCUT2D eigenvalue weighted by atomic mass is 19.2. The lowest BCUT2D eigenvalue weighted by atomic mass is 9.84. The van der Waals surface area contributed by atoms with Crippen molar-refractivity contribution >= 4 is 0 Å². The van der Waals surface area contributed by atoms with Crippen molar-refractivity contribution in [3.8, 4) is 0 Å². The third-order valence-corrected chi connectivity index (χ3v) is 4.60. The molecule has 0 atom stereocenters. The summed E-state index contributed by atoms with van der Waals surface area (Å²) in [5.41, 5.74) is -1.84. The first-order chi connectivity index (χ1) is 10.1. The van der Waals surface area contributed by atoms with Gasteiger partial charge >= 0.3 is 0 Å². The minimum atomic E-state index is -1.05. The van der Waals surface area contributed by atoms with Crippen molar-refractivity contribution in [2.75, 3.05) is 0 Å². The Hall–Kier alpha value is -2.06. The molecule has 1 fully saturated rings. The summed E-state index contributed by atoms with van der Waals surface area (Å²) in [6.45, 7) is 6.76. The summed E-state index contributed by atoms with van der Waals surface area (Å²) in [7, 11) is 0. The Labute approximate surface area is 125 Å². The second-order valence-corrected chi connectivity index (χ2v) is 6.35. The Morgan fingerprint density at radius 1 is 1.00 bits per heavy atom. The van der Waals surface area contributed by atoms with Crippen molar-refractivity contribution in [3.05, 3.63) is 46.1 Å². The first-order valence-electron chi connectivity index (χ1n) is 6.70. The first kappa shape index (κ1) is 14.9. The number of hydroxylamine groups is 4. The Bertz CT molecular complexity index is 752. The van der Waals surface area contributed by atoms with E-state index in [1.807, 2.05) is 0 Å². The van der Waals surface area contributed by atoms with Crippen molar-refractivity contribution < 1.29 is 19.2 Å². The molecule has 0 spiro atoms. The van der Waals surface area contributed by atoms with Crippen molar-refractivity contribution in [1.82, 2.24) is 10.1 Å². The fraction of sp³-hybridized carbons (Fsp3) is 0.429. The van der Waals surface area contributed by atoms with E-state index in [0.29, 0.717) is 5.06 Å². The molecule has 1 N–H and O–H groups in total. The number of benzene rings is 1. The molecule has 1 aromatic carbocycles. The maximum atomic E-state index is 13.3. The normalized spacial score (nSPS) is 21.8. The lowest BCUT2D eigenvalue weighted by molar-refractivity contribution is -0.182. The van der Waals surface area contributed by atoms with Crippen molar-refractivity contribution in [1.29, 1.82) is 0 Å². The van der Waals surface area contributed by atoms with Crippen LogP contribution in [-0.2, 0) is 5.21 Å². The summed E-state index contributed by atoms with van der Waals surface area (Å²) in [6.07, 6.45) is 0. The average Bonchev–Trinajstić information content (AvgIpc) is 2.85. The van der Waals surface area contributed by atoms with Crippen molar-refractivity contribution in [2.24, 2.45) is 9.98 Å². The van der Waals surface area contributed by atoms with E-state index in [1.54, 1.807) is 27.7 Å². The molecule has 1 saturated heterocycles. The second-order valence-electron chi connectivity index (χ2n) is 6.35. The molecule has 0 aliphatic carbocycles. The summed E-state index contributed by atoms with van der Waals surface area (Å²) < 4.78 is 26.5. The van der Waals surface area contributed by atoms with Gasteiger partial charge in [-0.1, -0.05) is 5.21 Å². The van der Waals surface area contributed by atoms with Crippen LogP contribution in [0, 0.1) is 11.6 Å². The van der Waals surface area contributed by atoms with Gasteiger partial charge in [-0.3, -0.25) is 5.21 Å². The van der Waals surface area contributed by atoms with Crippen LogP contribution in [0.25, 0.3) is 0 Å². The molecule has 8 heteroatoms. The molecule has 6 nitrogen and oxygen atoms in total. The van der Waals surface area contributed by atoms with Crippen LogP contribution in [0.1, 0.15) is 27.7 Å². The predicted molar refractivity (Wildman–Crippen MR) is 70.0 cm³/mol. The summed E-state index contributed by atoms with van der Waals surface area (Å²) in [6, 6.07) is 1.81. The Morgan fingerprint density at radius 2 is 1.45 bits per heavy atom. The van der Waals surface area contributed by atoms with Crippen LogP contribution < -0.4 is 10.7 Å². The molecule has 0 unspecified atom stereocenters. The van der Waals surface area contributed by atoms with E-state index in [9.17, 15) is 19.2 Å². The van der Waals surface area contributed by atoms with Crippen LogP contribution in [0.4, 0.5) is 8.78 Å². The summed E-state index contributed by atoms with van der Waals surface area (Å²) in [4.78, 5) is 8.06. The fourth-order valence-corrected chi connectivity index (χ4v) is 2.37. The van der Waals surface area contributed by atoms with Crippen LogP contribution in [0.5, 0.6) is 0 Å². The van der Waals surface area contributed by atoms with Gasteiger partial charge in [0.1, 0.15) is 0 Å². The molecule has 22 heavy (non-hydrogen) atoms.